The molecule has 5 nitrogen and oxygen atoms in total. The lowest BCUT2D eigenvalue weighted by Crippen LogP contribution is -2.38. The molecule has 128 valence electrons. The quantitative estimate of drug-likeness (QED) is 0.843. The molecule has 0 fully saturated rings. The third kappa shape index (κ3) is 4.11. The summed E-state index contributed by atoms with van der Waals surface area (Å²) in [4.78, 5) is 13.1. The zero-order valence-corrected chi connectivity index (χ0v) is 14.3. The second kappa shape index (κ2) is 7.44. The highest BCUT2D eigenvalue weighted by molar-refractivity contribution is 7.91. The Balaban J connectivity index is 2.38. The van der Waals surface area contributed by atoms with Crippen molar-refractivity contribution < 1.29 is 17.6 Å². The van der Waals surface area contributed by atoms with E-state index in [0.29, 0.717) is 5.56 Å². The van der Waals surface area contributed by atoms with Gasteiger partial charge in [0, 0.05) is 20.6 Å². The molecule has 0 spiro atoms. The van der Waals surface area contributed by atoms with Crippen molar-refractivity contribution in [1.29, 1.82) is 0 Å². The van der Waals surface area contributed by atoms with Crippen molar-refractivity contribution in [3.05, 3.63) is 66.0 Å². The van der Waals surface area contributed by atoms with E-state index in [2.05, 4.69) is 5.32 Å². The van der Waals surface area contributed by atoms with Crippen molar-refractivity contribution in [3.8, 4) is 0 Å². The molecule has 7 heteroatoms. The summed E-state index contributed by atoms with van der Waals surface area (Å²) in [6.45, 7) is -0.0826. The number of halogens is 1. The first-order valence-electron chi connectivity index (χ1n) is 7.32. The second-order valence-corrected chi connectivity index (χ2v) is 7.61. The molecule has 0 aliphatic heterocycles. The third-order valence-electron chi connectivity index (χ3n) is 3.53. The fraction of sp³-hybridized carbons (Fsp3) is 0.235. The number of carbonyl (C=O) groups is 1. The SMILES string of the molecule is CN(C)C(=O)NCC(c1ccccc1)S(=O)(=O)c1ccc(F)cc1. The first kappa shape index (κ1) is 17.9. The van der Waals surface area contributed by atoms with Crippen LogP contribution in [-0.2, 0) is 9.84 Å². The van der Waals surface area contributed by atoms with Gasteiger partial charge in [-0.2, -0.15) is 0 Å². The number of carbonyl (C=O) groups excluding carboxylic acids is 1. The molecule has 0 aromatic heterocycles. The molecular weight excluding hydrogens is 331 g/mol. The van der Waals surface area contributed by atoms with E-state index in [1.54, 1.807) is 44.4 Å². The minimum Gasteiger partial charge on any atom is -0.336 e. The lowest BCUT2D eigenvalue weighted by molar-refractivity contribution is 0.217. The van der Waals surface area contributed by atoms with Crippen molar-refractivity contribution in [2.75, 3.05) is 20.6 Å². The van der Waals surface area contributed by atoms with Crippen LogP contribution in [0, 0.1) is 5.82 Å². The van der Waals surface area contributed by atoms with Gasteiger partial charge in [0.25, 0.3) is 0 Å². The van der Waals surface area contributed by atoms with Crippen LogP contribution in [0.4, 0.5) is 9.18 Å². The molecule has 2 amide bonds. The Kier molecular flexibility index (Phi) is 5.56. The number of benzene rings is 2. The van der Waals surface area contributed by atoms with Crippen molar-refractivity contribution in [3.63, 3.8) is 0 Å². The van der Waals surface area contributed by atoms with E-state index >= 15 is 0 Å². The predicted octanol–water partition coefficient (Wildman–Crippen LogP) is 2.61. The molecule has 0 saturated carbocycles. The van der Waals surface area contributed by atoms with Gasteiger partial charge in [0.2, 0.25) is 0 Å². The molecule has 1 unspecified atom stereocenters. The van der Waals surface area contributed by atoms with Crippen LogP contribution < -0.4 is 5.32 Å². The van der Waals surface area contributed by atoms with E-state index < -0.39 is 20.9 Å². The standard InChI is InChI=1S/C17H19FN2O3S/c1-20(2)17(21)19-12-16(13-6-4-3-5-7-13)24(22,23)15-10-8-14(18)9-11-15/h3-11,16H,12H2,1-2H3,(H,19,21). The van der Waals surface area contributed by atoms with E-state index in [0.717, 1.165) is 12.1 Å². The molecular formula is C17H19FN2O3S. The normalized spacial score (nSPS) is 12.5. The topological polar surface area (TPSA) is 66.5 Å². The van der Waals surface area contributed by atoms with Crippen LogP contribution in [0.15, 0.2) is 59.5 Å². The molecule has 24 heavy (non-hydrogen) atoms. The lowest BCUT2D eigenvalue weighted by Gasteiger charge is -2.20. The summed E-state index contributed by atoms with van der Waals surface area (Å²) in [5.74, 6) is -0.508. The molecule has 2 rings (SSSR count). The molecule has 1 N–H and O–H groups in total. The summed E-state index contributed by atoms with van der Waals surface area (Å²) in [5, 5.41) is 1.64. The van der Waals surface area contributed by atoms with Gasteiger partial charge in [0.15, 0.2) is 9.84 Å². The van der Waals surface area contributed by atoms with Crippen molar-refractivity contribution >= 4 is 15.9 Å². The fourth-order valence-electron chi connectivity index (χ4n) is 2.20. The Labute approximate surface area is 141 Å². The highest BCUT2D eigenvalue weighted by Crippen LogP contribution is 2.28. The Hall–Kier alpha value is -2.41. The van der Waals surface area contributed by atoms with E-state index in [4.69, 9.17) is 0 Å². The molecule has 0 heterocycles. The maximum Gasteiger partial charge on any atom is 0.316 e. The summed E-state index contributed by atoms with van der Waals surface area (Å²) >= 11 is 0. The van der Waals surface area contributed by atoms with E-state index in [9.17, 15) is 17.6 Å². The number of nitrogens with one attached hydrogen (secondary N) is 1. The van der Waals surface area contributed by atoms with Gasteiger partial charge in [-0.1, -0.05) is 30.3 Å². The monoisotopic (exact) mass is 350 g/mol. The average molecular weight is 350 g/mol. The van der Waals surface area contributed by atoms with Crippen LogP contribution in [0.25, 0.3) is 0 Å². The van der Waals surface area contributed by atoms with Gasteiger partial charge >= 0.3 is 6.03 Å². The van der Waals surface area contributed by atoms with Gasteiger partial charge in [-0.05, 0) is 29.8 Å². The van der Waals surface area contributed by atoms with Crippen LogP contribution in [0.2, 0.25) is 0 Å². The van der Waals surface area contributed by atoms with Gasteiger partial charge in [0.1, 0.15) is 11.1 Å². The van der Waals surface area contributed by atoms with Gasteiger partial charge in [-0.15, -0.1) is 0 Å². The fourth-order valence-corrected chi connectivity index (χ4v) is 3.86. The van der Waals surface area contributed by atoms with E-state index in [-0.39, 0.29) is 17.5 Å². The minimum absolute atomic E-state index is 0.0110. The van der Waals surface area contributed by atoms with Gasteiger partial charge in [-0.25, -0.2) is 17.6 Å². The summed E-state index contributed by atoms with van der Waals surface area (Å²) in [7, 11) is -0.651. The number of hydrogen-bond acceptors (Lipinski definition) is 3. The second-order valence-electron chi connectivity index (χ2n) is 5.48. The highest BCUT2D eigenvalue weighted by Gasteiger charge is 2.29. The molecule has 0 saturated heterocycles. The predicted molar refractivity (Wildman–Crippen MR) is 89.9 cm³/mol. The van der Waals surface area contributed by atoms with Crippen LogP contribution >= 0.6 is 0 Å². The Morgan fingerprint density at radius 2 is 1.67 bits per heavy atom. The van der Waals surface area contributed by atoms with Gasteiger partial charge in [0.05, 0.1) is 4.90 Å². The van der Waals surface area contributed by atoms with Crippen molar-refractivity contribution in [1.82, 2.24) is 10.2 Å². The first-order valence-corrected chi connectivity index (χ1v) is 8.86. The molecule has 0 radical (unpaired) electrons. The largest absolute Gasteiger partial charge is 0.336 e. The summed E-state index contributed by atoms with van der Waals surface area (Å²) in [6, 6.07) is 12.9. The minimum atomic E-state index is -3.79. The van der Waals surface area contributed by atoms with Crippen molar-refractivity contribution in [2.45, 2.75) is 10.1 Å². The maximum absolute atomic E-state index is 13.1. The number of sulfone groups is 1. The van der Waals surface area contributed by atoms with Crippen molar-refractivity contribution in [2.24, 2.45) is 0 Å². The zero-order chi connectivity index (χ0) is 17.7. The molecule has 0 aliphatic carbocycles. The number of amides is 2. The summed E-state index contributed by atoms with van der Waals surface area (Å²) in [5.41, 5.74) is 0.556. The molecule has 1 atom stereocenters. The summed E-state index contributed by atoms with van der Waals surface area (Å²) < 4.78 is 39.0. The average Bonchev–Trinajstić information content (AvgIpc) is 2.56. The maximum atomic E-state index is 13.1. The molecule has 0 bridgehead atoms. The van der Waals surface area contributed by atoms with E-state index in [1.165, 1.54) is 17.0 Å². The number of nitrogens with zero attached hydrogens (tertiary/aromatic N) is 1. The highest BCUT2D eigenvalue weighted by atomic mass is 32.2. The number of hydrogen-bond donors (Lipinski definition) is 1. The molecule has 2 aromatic rings. The number of urea groups is 1. The number of rotatable bonds is 5. The van der Waals surface area contributed by atoms with E-state index in [1.807, 2.05) is 0 Å². The Morgan fingerprint density at radius 3 is 2.21 bits per heavy atom. The molecule has 0 aliphatic rings. The van der Waals surface area contributed by atoms with Gasteiger partial charge in [-0.3, -0.25) is 0 Å². The first-order chi connectivity index (χ1) is 11.3. The lowest BCUT2D eigenvalue weighted by atomic mass is 10.1. The van der Waals surface area contributed by atoms with Crippen LogP contribution in [0.5, 0.6) is 0 Å². The van der Waals surface area contributed by atoms with Crippen LogP contribution in [-0.4, -0.2) is 40.0 Å². The third-order valence-corrected chi connectivity index (χ3v) is 5.65. The summed E-state index contributed by atoms with van der Waals surface area (Å²) in [6.07, 6.45) is 0. The van der Waals surface area contributed by atoms with Gasteiger partial charge < -0.3 is 10.2 Å². The molecule has 2 aromatic carbocycles. The Morgan fingerprint density at radius 1 is 1.08 bits per heavy atom. The van der Waals surface area contributed by atoms with Crippen LogP contribution in [0.3, 0.4) is 0 Å². The smallest absolute Gasteiger partial charge is 0.316 e. The zero-order valence-electron chi connectivity index (χ0n) is 13.4. The Bertz CT molecular complexity index is 790. The van der Waals surface area contributed by atoms with Crippen LogP contribution in [0.1, 0.15) is 10.8 Å².